The van der Waals surface area contributed by atoms with Gasteiger partial charge in [0.15, 0.2) is 11.5 Å². The number of methoxy groups -OCH3 is 1. The normalized spacial score (nSPS) is 11.5. The summed E-state index contributed by atoms with van der Waals surface area (Å²) in [5, 5.41) is 3.65. The number of benzene rings is 2. The second-order valence-corrected chi connectivity index (χ2v) is 6.65. The molecule has 0 aliphatic rings. The van der Waals surface area contributed by atoms with Crippen molar-refractivity contribution in [2.45, 2.75) is 18.7 Å². The summed E-state index contributed by atoms with van der Waals surface area (Å²) in [7, 11) is -1.10. The van der Waals surface area contributed by atoms with Crippen molar-refractivity contribution in [3.8, 4) is 11.5 Å². The first-order chi connectivity index (χ1) is 11.4. The number of rotatable bonds is 6. The molecule has 0 atom stereocenters. The van der Waals surface area contributed by atoms with Gasteiger partial charge >= 0.3 is 10.1 Å². The Morgan fingerprint density at radius 3 is 2.42 bits per heavy atom. The summed E-state index contributed by atoms with van der Waals surface area (Å²) >= 11 is 0. The molecule has 24 heavy (non-hydrogen) atoms. The summed E-state index contributed by atoms with van der Waals surface area (Å²) in [5.74, 6) is 0.386. The van der Waals surface area contributed by atoms with E-state index in [-0.39, 0.29) is 16.4 Å². The molecule has 0 fully saturated rings. The number of nitrogens with zero attached hydrogens (tertiary/aromatic N) is 1. The third kappa shape index (κ3) is 4.05. The summed E-state index contributed by atoms with van der Waals surface area (Å²) in [6, 6.07) is 9.94. The molecule has 7 heteroatoms. The summed E-state index contributed by atoms with van der Waals surface area (Å²) in [5.41, 5.74) is 2.13. The molecule has 0 spiro atoms. The van der Waals surface area contributed by atoms with E-state index >= 15 is 0 Å². The number of ether oxygens (including phenoxy) is 1. The maximum absolute atomic E-state index is 12.6. The monoisotopic (exact) mass is 349 g/mol. The van der Waals surface area contributed by atoms with Gasteiger partial charge in [-0.25, -0.2) is 0 Å². The zero-order chi connectivity index (χ0) is 17.7. The van der Waals surface area contributed by atoms with Crippen molar-refractivity contribution in [2.75, 3.05) is 14.2 Å². The van der Waals surface area contributed by atoms with Crippen molar-refractivity contribution in [1.82, 2.24) is 0 Å². The van der Waals surface area contributed by atoms with Crippen LogP contribution in [-0.4, -0.2) is 28.9 Å². The molecule has 2 aromatic rings. The van der Waals surface area contributed by atoms with Crippen molar-refractivity contribution < 1.29 is 22.2 Å². The third-order valence-corrected chi connectivity index (χ3v) is 4.68. The summed E-state index contributed by atoms with van der Waals surface area (Å²) in [6.07, 6.45) is 1.48. The quantitative estimate of drug-likeness (QED) is 0.455. The minimum absolute atomic E-state index is 0.105. The minimum Gasteiger partial charge on any atom is -0.493 e. The third-order valence-electron chi connectivity index (χ3n) is 3.31. The highest BCUT2D eigenvalue weighted by molar-refractivity contribution is 7.87. The highest BCUT2D eigenvalue weighted by Crippen LogP contribution is 2.31. The lowest BCUT2D eigenvalue weighted by Crippen LogP contribution is -2.12. The molecular weight excluding hydrogens is 330 g/mol. The predicted octanol–water partition coefficient (Wildman–Crippen LogP) is 3.06. The molecule has 0 saturated carbocycles. The molecule has 0 saturated heterocycles. The summed E-state index contributed by atoms with van der Waals surface area (Å²) in [4.78, 5) is 4.75. The maximum Gasteiger partial charge on any atom is 0.339 e. The average molecular weight is 349 g/mol. The van der Waals surface area contributed by atoms with Crippen molar-refractivity contribution in [2.24, 2.45) is 5.16 Å². The second kappa shape index (κ2) is 7.35. The van der Waals surface area contributed by atoms with Crippen molar-refractivity contribution in [3.05, 3.63) is 53.1 Å². The molecule has 2 aromatic carbocycles. The Kier molecular flexibility index (Phi) is 5.46. The fourth-order valence-corrected chi connectivity index (χ4v) is 3.34. The molecule has 0 radical (unpaired) electrons. The van der Waals surface area contributed by atoms with Gasteiger partial charge in [-0.15, -0.1) is 0 Å². The number of hydrogen-bond donors (Lipinski definition) is 0. The largest absolute Gasteiger partial charge is 0.493 e. The molecule has 0 heterocycles. The van der Waals surface area contributed by atoms with Gasteiger partial charge in [0.2, 0.25) is 0 Å². The lowest BCUT2D eigenvalue weighted by atomic mass is 10.2. The average Bonchev–Trinajstić information content (AvgIpc) is 2.55. The van der Waals surface area contributed by atoms with Gasteiger partial charge < -0.3 is 13.8 Å². The minimum atomic E-state index is -3.97. The van der Waals surface area contributed by atoms with Crippen LogP contribution in [0.3, 0.4) is 0 Å². The summed E-state index contributed by atoms with van der Waals surface area (Å²) in [6.45, 7) is 3.54. The standard InChI is InChI=1S/C17H19NO5S/c1-12-5-6-13(2)17(9-12)24(19,20)23-15-8-7-14(11-18-22-4)10-16(15)21-3/h5-11H,1-4H3/b18-11+. The molecule has 0 aliphatic heterocycles. The predicted molar refractivity (Wildman–Crippen MR) is 91.3 cm³/mol. The van der Waals surface area contributed by atoms with Crippen molar-refractivity contribution >= 4 is 16.3 Å². The van der Waals surface area contributed by atoms with Crippen LogP contribution in [0.1, 0.15) is 16.7 Å². The van der Waals surface area contributed by atoms with E-state index in [2.05, 4.69) is 9.99 Å². The Bertz CT molecular complexity index is 859. The first-order valence-corrected chi connectivity index (χ1v) is 8.54. The Morgan fingerprint density at radius 2 is 1.75 bits per heavy atom. The summed E-state index contributed by atoms with van der Waals surface area (Å²) < 4.78 is 35.6. The molecule has 0 aliphatic carbocycles. The number of aryl methyl sites for hydroxylation is 2. The van der Waals surface area contributed by atoms with Crippen LogP contribution in [0.4, 0.5) is 0 Å². The van der Waals surface area contributed by atoms with Crippen LogP contribution >= 0.6 is 0 Å². The molecule has 2 rings (SSSR count). The van der Waals surface area contributed by atoms with Crippen LogP contribution in [0.15, 0.2) is 46.4 Å². The lowest BCUT2D eigenvalue weighted by Gasteiger charge is -2.13. The molecule has 0 bridgehead atoms. The smallest absolute Gasteiger partial charge is 0.339 e. The van der Waals surface area contributed by atoms with Crippen LogP contribution < -0.4 is 8.92 Å². The van der Waals surface area contributed by atoms with Gasteiger partial charge in [-0.1, -0.05) is 17.3 Å². The van der Waals surface area contributed by atoms with E-state index < -0.39 is 10.1 Å². The molecule has 0 unspecified atom stereocenters. The Balaban J connectivity index is 2.39. The zero-order valence-electron chi connectivity index (χ0n) is 13.9. The van der Waals surface area contributed by atoms with Crippen LogP contribution in [-0.2, 0) is 15.0 Å². The number of oxime groups is 1. The highest BCUT2D eigenvalue weighted by atomic mass is 32.2. The topological polar surface area (TPSA) is 74.2 Å². The van der Waals surface area contributed by atoms with Gasteiger partial charge in [-0.3, -0.25) is 0 Å². The van der Waals surface area contributed by atoms with Crippen LogP contribution in [0, 0.1) is 13.8 Å². The molecule has 0 aromatic heterocycles. The van der Waals surface area contributed by atoms with Gasteiger partial charge in [-0.05, 0) is 49.2 Å². The van der Waals surface area contributed by atoms with E-state index in [9.17, 15) is 8.42 Å². The van der Waals surface area contributed by atoms with E-state index in [0.29, 0.717) is 11.1 Å². The lowest BCUT2D eigenvalue weighted by molar-refractivity contribution is 0.215. The highest BCUT2D eigenvalue weighted by Gasteiger charge is 2.21. The SMILES string of the molecule is CO/N=C/c1ccc(OS(=O)(=O)c2cc(C)ccc2C)c(OC)c1. The zero-order valence-corrected chi connectivity index (χ0v) is 14.8. The van der Waals surface area contributed by atoms with E-state index in [1.54, 1.807) is 31.2 Å². The molecule has 6 nitrogen and oxygen atoms in total. The molecular formula is C17H19NO5S. The van der Waals surface area contributed by atoms with Gasteiger partial charge in [0.05, 0.1) is 13.3 Å². The maximum atomic E-state index is 12.6. The van der Waals surface area contributed by atoms with Gasteiger partial charge in [0.25, 0.3) is 0 Å². The van der Waals surface area contributed by atoms with E-state index in [0.717, 1.165) is 5.56 Å². The Hall–Kier alpha value is -2.54. The molecule has 0 amide bonds. The van der Waals surface area contributed by atoms with Crippen LogP contribution in [0.2, 0.25) is 0 Å². The van der Waals surface area contributed by atoms with E-state index in [1.807, 2.05) is 13.0 Å². The fourth-order valence-electron chi connectivity index (χ4n) is 2.09. The fraction of sp³-hybridized carbons (Fsp3) is 0.235. The van der Waals surface area contributed by atoms with Gasteiger partial charge in [0, 0.05) is 5.56 Å². The van der Waals surface area contributed by atoms with E-state index in [4.69, 9.17) is 8.92 Å². The van der Waals surface area contributed by atoms with Crippen molar-refractivity contribution in [3.63, 3.8) is 0 Å². The first-order valence-electron chi connectivity index (χ1n) is 7.13. The molecule has 128 valence electrons. The number of hydrogen-bond acceptors (Lipinski definition) is 6. The van der Waals surface area contributed by atoms with Crippen LogP contribution in [0.5, 0.6) is 11.5 Å². The Morgan fingerprint density at radius 1 is 1.00 bits per heavy atom. The van der Waals surface area contributed by atoms with Crippen LogP contribution in [0.25, 0.3) is 0 Å². The second-order valence-electron chi connectivity index (χ2n) is 5.13. The Labute approximate surface area is 141 Å². The first kappa shape index (κ1) is 17.8. The molecule has 0 N–H and O–H groups in total. The van der Waals surface area contributed by atoms with E-state index in [1.165, 1.54) is 26.5 Å². The van der Waals surface area contributed by atoms with Gasteiger partial charge in [0.1, 0.15) is 12.0 Å². The van der Waals surface area contributed by atoms with Crippen molar-refractivity contribution in [1.29, 1.82) is 0 Å². The van der Waals surface area contributed by atoms with Gasteiger partial charge in [-0.2, -0.15) is 8.42 Å².